The Hall–Kier alpha value is -2.07. The summed E-state index contributed by atoms with van der Waals surface area (Å²) < 4.78 is 20.6. The van der Waals surface area contributed by atoms with Gasteiger partial charge in [-0.3, -0.25) is 4.79 Å². The minimum Gasteiger partial charge on any atom is -0.375 e. The number of hydrogen-bond acceptors (Lipinski definition) is 4. The molecule has 1 amide bonds. The van der Waals surface area contributed by atoms with Crippen molar-refractivity contribution in [3.05, 3.63) is 23.5 Å². The van der Waals surface area contributed by atoms with E-state index in [0.29, 0.717) is 56.4 Å². The summed E-state index contributed by atoms with van der Waals surface area (Å²) in [6.45, 7) is 4.01. The van der Waals surface area contributed by atoms with Crippen LogP contribution in [0.4, 0.5) is 15.8 Å². The third kappa shape index (κ3) is 2.60. The van der Waals surface area contributed by atoms with Crippen LogP contribution >= 0.6 is 0 Å². The molecule has 0 saturated carbocycles. The van der Waals surface area contributed by atoms with Crippen LogP contribution in [0.1, 0.15) is 25.3 Å². The molecule has 1 spiro atoms. The van der Waals surface area contributed by atoms with Gasteiger partial charge in [-0.2, -0.15) is 0 Å². The molecule has 5 nitrogen and oxygen atoms in total. The van der Waals surface area contributed by atoms with Crippen LogP contribution in [0, 0.1) is 17.0 Å². The zero-order valence-corrected chi connectivity index (χ0v) is 14.3. The van der Waals surface area contributed by atoms with Gasteiger partial charge in [0.15, 0.2) is 0 Å². The van der Waals surface area contributed by atoms with E-state index < -0.39 is 5.41 Å². The number of amides is 1. The van der Waals surface area contributed by atoms with Crippen molar-refractivity contribution in [2.45, 2.75) is 43.9 Å². The van der Waals surface area contributed by atoms with Gasteiger partial charge >= 0.3 is 0 Å². The second kappa shape index (κ2) is 6.03. The highest BCUT2D eigenvalue weighted by Crippen LogP contribution is 2.49. The predicted molar refractivity (Wildman–Crippen MR) is 94.5 cm³/mol. The fourth-order valence-electron chi connectivity index (χ4n) is 4.49. The van der Waals surface area contributed by atoms with Crippen molar-refractivity contribution in [3.63, 3.8) is 0 Å². The number of ether oxygens (including phenoxy) is 1. The first-order valence-corrected chi connectivity index (χ1v) is 8.95. The van der Waals surface area contributed by atoms with E-state index >= 15 is 4.39 Å². The van der Waals surface area contributed by atoms with Crippen LogP contribution in [0.3, 0.4) is 0 Å². The summed E-state index contributed by atoms with van der Waals surface area (Å²) in [6.07, 6.45) is 2.47. The molecule has 1 N–H and O–H groups in total. The van der Waals surface area contributed by atoms with Crippen molar-refractivity contribution >= 4 is 24.0 Å². The van der Waals surface area contributed by atoms with Crippen molar-refractivity contribution in [1.82, 2.24) is 0 Å². The Morgan fingerprint density at radius 1 is 1.44 bits per heavy atom. The van der Waals surface area contributed by atoms with Crippen LogP contribution < -0.4 is 10.2 Å². The normalized spacial score (nSPS) is 24.8. The van der Waals surface area contributed by atoms with Gasteiger partial charge in [-0.25, -0.2) is 9.65 Å². The summed E-state index contributed by atoms with van der Waals surface area (Å²) in [6, 6.07) is 3.44. The molecular weight excluding hydrogens is 320 g/mol. The quantitative estimate of drug-likeness (QED) is 0.798. The van der Waals surface area contributed by atoms with E-state index in [1.807, 2.05) is 13.0 Å². The number of carbonyl (C=O) groups is 1. The fraction of sp³-hybridized carbons (Fsp3) is 0.556. The Morgan fingerprint density at radius 3 is 2.88 bits per heavy atom. The van der Waals surface area contributed by atoms with Crippen molar-refractivity contribution < 1.29 is 13.9 Å². The van der Waals surface area contributed by atoms with Crippen LogP contribution in [0.25, 0.3) is 0 Å². The number of fused-ring (bicyclic) bond motifs is 2. The number of carbonyl (C=O) groups excluding carboxylic acids is 1. The van der Waals surface area contributed by atoms with Crippen molar-refractivity contribution in [3.8, 4) is 5.97 Å². The van der Waals surface area contributed by atoms with Gasteiger partial charge in [0.1, 0.15) is 5.82 Å². The summed E-state index contributed by atoms with van der Waals surface area (Å²) in [7, 11) is 0. The van der Waals surface area contributed by atoms with Crippen LogP contribution in [-0.4, -0.2) is 38.4 Å². The highest BCUT2D eigenvalue weighted by molar-refractivity contribution is 6.67. The average molecular weight is 341 g/mol. The highest BCUT2D eigenvalue weighted by atomic mass is 19.1. The zero-order valence-electron chi connectivity index (χ0n) is 14.3. The number of anilines is 2. The summed E-state index contributed by atoms with van der Waals surface area (Å²) in [5.41, 5.74) is 1.08. The topological polar surface area (TPSA) is 65.4 Å². The lowest BCUT2D eigenvalue weighted by Crippen LogP contribution is -2.41. The molecule has 3 aliphatic rings. The molecule has 0 aliphatic carbocycles. The fourth-order valence-corrected chi connectivity index (χ4v) is 4.49. The minimum absolute atomic E-state index is 0.0281. The summed E-state index contributed by atoms with van der Waals surface area (Å²) in [5.74, 6) is 1.84. The molecule has 0 aromatic heterocycles. The lowest BCUT2D eigenvalue weighted by atomic mass is 9.39. The van der Waals surface area contributed by atoms with Crippen LogP contribution in [0.2, 0.25) is 12.6 Å². The smallest absolute Gasteiger partial charge is 0.267 e. The Morgan fingerprint density at radius 2 is 2.20 bits per heavy atom. The molecule has 130 valence electrons. The van der Waals surface area contributed by atoms with E-state index in [1.54, 1.807) is 6.07 Å². The number of nitrogens with one attached hydrogen (secondary N) is 1. The molecule has 25 heavy (non-hydrogen) atoms. The Labute approximate surface area is 147 Å². The Bertz CT molecular complexity index is 755. The van der Waals surface area contributed by atoms with Gasteiger partial charge in [-0.1, -0.05) is 12.6 Å². The standard InChI is InChI=1S/C18H21BFN3O2/c1-12-10-23(6-7-25-12)13-8-14(20)16-15(9-13)22-17(24)18(16)2-4-19(11-21)5-3-18/h8-9,12H,2-7,10H2,1H3,(H,22,24). The van der Waals surface area contributed by atoms with Crippen molar-refractivity contribution in [2.75, 3.05) is 29.9 Å². The second-order valence-corrected chi connectivity index (χ2v) is 7.42. The molecule has 1 aromatic rings. The van der Waals surface area contributed by atoms with Gasteiger partial charge in [-0.15, -0.1) is 0 Å². The Kier molecular flexibility index (Phi) is 3.96. The molecule has 0 radical (unpaired) electrons. The summed E-state index contributed by atoms with van der Waals surface area (Å²) in [4.78, 5) is 14.8. The number of rotatable bonds is 1. The SMILES string of the molecule is CC1CN(c2cc(F)c3c(c2)NC(=O)C32CCB(C#N)CC2)CCO1. The number of nitrogens with zero attached hydrogens (tertiary/aromatic N) is 2. The maximum Gasteiger partial charge on any atom is 0.267 e. The largest absolute Gasteiger partial charge is 0.375 e. The molecule has 1 atom stereocenters. The van der Waals surface area contributed by atoms with Gasteiger partial charge in [0, 0.05) is 30.3 Å². The molecule has 1 aromatic carbocycles. The molecule has 3 heterocycles. The average Bonchev–Trinajstić information content (AvgIpc) is 2.88. The van der Waals surface area contributed by atoms with Gasteiger partial charge < -0.3 is 15.0 Å². The number of hydrogen-bond donors (Lipinski definition) is 1. The van der Waals surface area contributed by atoms with E-state index in [9.17, 15) is 4.79 Å². The second-order valence-electron chi connectivity index (χ2n) is 7.42. The van der Waals surface area contributed by atoms with E-state index in [0.717, 1.165) is 5.69 Å². The van der Waals surface area contributed by atoms with Gasteiger partial charge in [0.25, 0.3) is 6.71 Å². The van der Waals surface area contributed by atoms with Crippen LogP contribution in [0.15, 0.2) is 12.1 Å². The molecule has 3 aliphatic heterocycles. The highest BCUT2D eigenvalue weighted by Gasteiger charge is 2.51. The molecule has 4 rings (SSSR count). The summed E-state index contributed by atoms with van der Waals surface area (Å²) >= 11 is 0. The van der Waals surface area contributed by atoms with Crippen LogP contribution in [-0.2, 0) is 14.9 Å². The van der Waals surface area contributed by atoms with E-state index in [1.165, 1.54) is 0 Å². The maximum atomic E-state index is 15.1. The van der Waals surface area contributed by atoms with Crippen molar-refractivity contribution in [1.29, 1.82) is 5.26 Å². The molecule has 0 bridgehead atoms. The number of benzene rings is 1. The predicted octanol–water partition coefficient (Wildman–Crippen LogP) is 2.59. The van der Waals surface area contributed by atoms with Gasteiger partial charge in [0.2, 0.25) is 5.91 Å². The first-order chi connectivity index (χ1) is 12.0. The number of halogens is 1. The molecular formula is C18H21BFN3O2. The van der Waals surface area contributed by atoms with E-state index in [2.05, 4.69) is 16.2 Å². The first kappa shape index (κ1) is 16.4. The maximum absolute atomic E-state index is 15.1. The summed E-state index contributed by atoms with van der Waals surface area (Å²) in [5, 5.41) is 12.0. The van der Waals surface area contributed by atoms with E-state index in [4.69, 9.17) is 10.00 Å². The van der Waals surface area contributed by atoms with Gasteiger partial charge in [0.05, 0.1) is 23.8 Å². The third-order valence-corrected chi connectivity index (χ3v) is 5.86. The lowest BCUT2D eigenvalue weighted by molar-refractivity contribution is -0.121. The number of nitriles is 1. The first-order valence-electron chi connectivity index (χ1n) is 8.95. The third-order valence-electron chi connectivity index (χ3n) is 5.86. The molecule has 2 saturated heterocycles. The Balaban J connectivity index is 1.68. The molecule has 1 unspecified atom stereocenters. The van der Waals surface area contributed by atoms with Crippen molar-refractivity contribution in [2.24, 2.45) is 0 Å². The minimum atomic E-state index is -0.802. The lowest BCUT2D eigenvalue weighted by Gasteiger charge is -2.34. The zero-order chi connectivity index (χ0) is 17.6. The molecule has 2 fully saturated rings. The molecule has 7 heteroatoms. The van der Waals surface area contributed by atoms with Gasteiger partial charge in [-0.05, 0) is 31.9 Å². The monoisotopic (exact) mass is 341 g/mol. The number of morpholine rings is 1. The van der Waals surface area contributed by atoms with E-state index in [-0.39, 0.29) is 24.5 Å². The van der Waals surface area contributed by atoms with Crippen LogP contribution in [0.5, 0.6) is 0 Å².